The molecule has 0 saturated carbocycles. The van der Waals surface area contributed by atoms with Crippen molar-refractivity contribution < 1.29 is 14.7 Å². The van der Waals surface area contributed by atoms with Crippen LogP contribution in [0.2, 0.25) is 0 Å². The van der Waals surface area contributed by atoms with Gasteiger partial charge in [0.15, 0.2) is 5.65 Å². The number of carbonyl (C=O) groups is 2. The fourth-order valence-electron chi connectivity index (χ4n) is 3.40. The van der Waals surface area contributed by atoms with Gasteiger partial charge >= 0.3 is 0 Å². The molecule has 122 valence electrons. The highest BCUT2D eigenvalue weighted by Crippen LogP contribution is 2.33. The van der Waals surface area contributed by atoms with E-state index in [1.807, 2.05) is 40.7 Å². The number of nitrogens with zero attached hydrogens (tertiary/aromatic N) is 5. The largest absolute Gasteiger partial charge is 0.483 e. The SMILES string of the molecule is CN1CC[C@@H]2CN(c3nnc4ccccn34)C[C@@H]2C1=O.O=CO. The second-order valence-electron chi connectivity index (χ2n) is 5.85. The summed E-state index contributed by atoms with van der Waals surface area (Å²) >= 11 is 0. The van der Waals surface area contributed by atoms with Crippen molar-refractivity contribution in [1.29, 1.82) is 0 Å². The summed E-state index contributed by atoms with van der Waals surface area (Å²) in [5.41, 5.74) is 0.848. The monoisotopic (exact) mass is 317 g/mol. The predicted octanol–water partition coefficient (Wildman–Crippen LogP) is 0.345. The predicted molar refractivity (Wildman–Crippen MR) is 83.1 cm³/mol. The Labute approximate surface area is 133 Å². The van der Waals surface area contributed by atoms with Gasteiger partial charge in [0.1, 0.15) is 0 Å². The van der Waals surface area contributed by atoms with E-state index in [-0.39, 0.29) is 18.3 Å². The molecule has 0 bridgehead atoms. The zero-order chi connectivity index (χ0) is 16.4. The Balaban J connectivity index is 0.000000485. The Hall–Kier alpha value is -2.64. The molecule has 2 aliphatic rings. The normalized spacial score (nSPS) is 23.4. The third-order valence-electron chi connectivity index (χ3n) is 4.55. The van der Waals surface area contributed by atoms with Crippen LogP contribution in [0.25, 0.3) is 5.65 Å². The Kier molecular flexibility index (Phi) is 4.14. The minimum Gasteiger partial charge on any atom is -0.483 e. The maximum Gasteiger partial charge on any atom is 0.290 e. The average molecular weight is 317 g/mol. The number of carbonyl (C=O) groups excluding carboxylic acids is 1. The molecule has 2 aliphatic heterocycles. The lowest BCUT2D eigenvalue weighted by Crippen LogP contribution is -2.42. The summed E-state index contributed by atoms with van der Waals surface area (Å²) in [5.74, 6) is 1.70. The van der Waals surface area contributed by atoms with Crippen molar-refractivity contribution in [3.8, 4) is 0 Å². The van der Waals surface area contributed by atoms with Gasteiger partial charge in [0, 0.05) is 32.9 Å². The lowest BCUT2D eigenvalue weighted by molar-refractivity contribution is -0.137. The van der Waals surface area contributed by atoms with Gasteiger partial charge in [-0.25, -0.2) is 0 Å². The lowest BCUT2D eigenvalue weighted by atomic mass is 9.88. The van der Waals surface area contributed by atoms with Crippen LogP contribution in [-0.4, -0.2) is 63.7 Å². The molecule has 0 aliphatic carbocycles. The summed E-state index contributed by atoms with van der Waals surface area (Å²) in [6.07, 6.45) is 3.06. The first kappa shape index (κ1) is 15.3. The van der Waals surface area contributed by atoms with Crippen molar-refractivity contribution in [3.05, 3.63) is 24.4 Å². The van der Waals surface area contributed by atoms with Gasteiger partial charge in [-0.3, -0.25) is 14.0 Å². The molecule has 1 amide bonds. The second kappa shape index (κ2) is 6.23. The number of rotatable bonds is 1. The van der Waals surface area contributed by atoms with Crippen LogP contribution in [0, 0.1) is 11.8 Å². The molecular formula is C15H19N5O3. The van der Waals surface area contributed by atoms with E-state index in [0.29, 0.717) is 5.92 Å². The topological polar surface area (TPSA) is 91.0 Å². The van der Waals surface area contributed by atoms with Gasteiger partial charge in [-0.15, -0.1) is 10.2 Å². The second-order valence-corrected chi connectivity index (χ2v) is 5.85. The molecule has 2 atom stereocenters. The highest BCUT2D eigenvalue weighted by Gasteiger charge is 2.42. The third kappa shape index (κ3) is 2.71. The molecule has 2 fully saturated rings. The number of carboxylic acid groups (broad SMARTS) is 1. The van der Waals surface area contributed by atoms with Crippen LogP contribution in [0.5, 0.6) is 0 Å². The van der Waals surface area contributed by atoms with Crippen molar-refractivity contribution >= 4 is 24.0 Å². The van der Waals surface area contributed by atoms with Crippen molar-refractivity contribution in [1.82, 2.24) is 19.5 Å². The summed E-state index contributed by atoms with van der Waals surface area (Å²) in [4.78, 5) is 24.7. The first-order valence-electron chi connectivity index (χ1n) is 7.53. The standard InChI is InChI=1S/C14H17N5O.CH2O2/c1-17-7-5-10-8-18(9-11(10)13(17)20)14-16-15-12-4-2-3-6-19(12)14;2-1-3/h2-4,6,10-11H,5,7-9H2,1H3;1H,(H,2,3)/t10-,11+;/m1./s1. The Bertz CT molecular complexity index is 716. The summed E-state index contributed by atoms with van der Waals surface area (Å²) < 4.78 is 1.99. The van der Waals surface area contributed by atoms with Crippen LogP contribution in [0.3, 0.4) is 0 Å². The van der Waals surface area contributed by atoms with Gasteiger partial charge in [0.25, 0.3) is 6.47 Å². The number of anilines is 1. The van der Waals surface area contributed by atoms with E-state index in [2.05, 4.69) is 15.1 Å². The van der Waals surface area contributed by atoms with Gasteiger partial charge < -0.3 is 14.9 Å². The molecule has 8 nitrogen and oxygen atoms in total. The summed E-state index contributed by atoms with van der Waals surface area (Å²) in [6.45, 7) is 2.28. The number of aromatic nitrogens is 3. The van der Waals surface area contributed by atoms with Gasteiger partial charge in [-0.2, -0.15) is 0 Å². The molecule has 0 radical (unpaired) electrons. The van der Waals surface area contributed by atoms with Crippen LogP contribution < -0.4 is 4.90 Å². The lowest BCUT2D eigenvalue weighted by Gasteiger charge is -2.30. The highest BCUT2D eigenvalue weighted by atomic mass is 16.3. The van der Waals surface area contributed by atoms with Crippen LogP contribution in [0.4, 0.5) is 5.95 Å². The number of fused-ring (bicyclic) bond motifs is 2. The number of pyridine rings is 1. The number of amides is 1. The zero-order valence-electron chi connectivity index (χ0n) is 12.9. The summed E-state index contributed by atoms with van der Waals surface area (Å²) in [5, 5.41) is 15.4. The van der Waals surface area contributed by atoms with E-state index in [9.17, 15) is 4.79 Å². The van der Waals surface area contributed by atoms with E-state index in [0.717, 1.165) is 37.7 Å². The fourth-order valence-corrected chi connectivity index (χ4v) is 3.40. The molecule has 2 saturated heterocycles. The first-order valence-corrected chi connectivity index (χ1v) is 7.53. The van der Waals surface area contributed by atoms with Gasteiger partial charge in [-0.1, -0.05) is 6.07 Å². The van der Waals surface area contributed by atoms with E-state index in [1.165, 1.54) is 0 Å². The number of hydrogen-bond acceptors (Lipinski definition) is 5. The zero-order valence-corrected chi connectivity index (χ0v) is 12.9. The Morgan fingerprint density at radius 3 is 2.87 bits per heavy atom. The van der Waals surface area contributed by atoms with Gasteiger partial charge in [0.2, 0.25) is 11.9 Å². The molecule has 4 rings (SSSR count). The van der Waals surface area contributed by atoms with Crippen LogP contribution in [0.15, 0.2) is 24.4 Å². The minimum absolute atomic E-state index is 0.116. The average Bonchev–Trinajstić information content (AvgIpc) is 3.16. The van der Waals surface area contributed by atoms with E-state index < -0.39 is 0 Å². The van der Waals surface area contributed by atoms with Crippen molar-refractivity contribution in [3.63, 3.8) is 0 Å². The quantitative estimate of drug-likeness (QED) is 0.763. The summed E-state index contributed by atoms with van der Waals surface area (Å²) in [6, 6.07) is 5.87. The number of likely N-dealkylation sites (tertiary alicyclic amines) is 1. The molecule has 2 aromatic rings. The van der Waals surface area contributed by atoms with E-state index >= 15 is 0 Å². The molecule has 0 aromatic carbocycles. The van der Waals surface area contributed by atoms with Crippen LogP contribution >= 0.6 is 0 Å². The Morgan fingerprint density at radius 2 is 2.09 bits per heavy atom. The molecule has 8 heteroatoms. The molecule has 2 aromatic heterocycles. The Morgan fingerprint density at radius 1 is 1.30 bits per heavy atom. The molecular weight excluding hydrogens is 298 g/mol. The third-order valence-corrected chi connectivity index (χ3v) is 4.55. The molecule has 4 heterocycles. The molecule has 0 unspecified atom stereocenters. The smallest absolute Gasteiger partial charge is 0.290 e. The van der Waals surface area contributed by atoms with Crippen molar-refractivity contribution in [2.75, 3.05) is 31.6 Å². The molecule has 0 spiro atoms. The highest BCUT2D eigenvalue weighted by molar-refractivity contribution is 5.81. The van der Waals surface area contributed by atoms with Crippen LogP contribution in [0.1, 0.15) is 6.42 Å². The number of piperidine rings is 1. The maximum atomic E-state index is 12.2. The van der Waals surface area contributed by atoms with Gasteiger partial charge in [-0.05, 0) is 24.5 Å². The van der Waals surface area contributed by atoms with Gasteiger partial charge in [0.05, 0.1) is 5.92 Å². The van der Waals surface area contributed by atoms with Crippen molar-refractivity contribution in [2.45, 2.75) is 6.42 Å². The summed E-state index contributed by atoms with van der Waals surface area (Å²) in [7, 11) is 1.90. The first-order chi connectivity index (χ1) is 11.2. The van der Waals surface area contributed by atoms with E-state index in [1.54, 1.807) is 0 Å². The maximum absolute atomic E-state index is 12.2. The number of hydrogen-bond donors (Lipinski definition) is 1. The van der Waals surface area contributed by atoms with E-state index in [4.69, 9.17) is 9.90 Å². The van der Waals surface area contributed by atoms with Crippen LogP contribution in [-0.2, 0) is 9.59 Å². The van der Waals surface area contributed by atoms with Crippen molar-refractivity contribution in [2.24, 2.45) is 11.8 Å². The molecule has 1 N–H and O–H groups in total. The molecule has 23 heavy (non-hydrogen) atoms. The fraction of sp³-hybridized carbons (Fsp3) is 0.467. The minimum atomic E-state index is -0.250.